The number of carbonyl (C=O) groups is 1. The summed E-state index contributed by atoms with van der Waals surface area (Å²) >= 11 is 0. The van der Waals surface area contributed by atoms with Crippen molar-refractivity contribution in [2.45, 2.75) is 26.9 Å². The van der Waals surface area contributed by atoms with Crippen LogP contribution in [-0.4, -0.2) is 17.6 Å². The van der Waals surface area contributed by atoms with Crippen LogP contribution in [0.2, 0.25) is 0 Å². The Morgan fingerprint density at radius 1 is 1.47 bits per heavy atom. The normalized spacial score (nSPS) is 9.35. The second kappa shape index (κ2) is 6.72. The molecule has 0 aliphatic carbocycles. The number of carbonyl (C=O) groups excluding carboxylic acids is 1. The van der Waals surface area contributed by atoms with Crippen molar-refractivity contribution >= 4 is 5.91 Å². The van der Waals surface area contributed by atoms with E-state index in [4.69, 9.17) is 5.11 Å². The minimum absolute atomic E-state index is 0.0350. The second-order valence-electron chi connectivity index (χ2n) is 3.83. The third-order valence-corrected chi connectivity index (χ3v) is 2.38. The molecule has 0 heterocycles. The van der Waals surface area contributed by atoms with Crippen LogP contribution >= 0.6 is 0 Å². The number of benzene rings is 1. The zero-order valence-corrected chi connectivity index (χ0v) is 10.2. The maximum absolute atomic E-state index is 10.6. The molecule has 1 rings (SSSR count). The van der Waals surface area contributed by atoms with E-state index >= 15 is 0 Å². The smallest absolute Gasteiger partial charge is 0.216 e. The minimum atomic E-state index is -0.0373. The van der Waals surface area contributed by atoms with Gasteiger partial charge in [-0.2, -0.15) is 0 Å². The van der Waals surface area contributed by atoms with Crippen LogP contribution in [0.1, 0.15) is 30.0 Å². The Morgan fingerprint density at radius 2 is 2.24 bits per heavy atom. The molecule has 0 aliphatic rings. The zero-order valence-electron chi connectivity index (χ0n) is 10.2. The standard InChI is InChI=1S/C14H17NO2/c1-11-6-7-13(9-14(11)10-16)5-3-4-8-15-12(2)17/h6-7,9,16H,4,8,10H2,1-2H3,(H,15,17). The van der Waals surface area contributed by atoms with E-state index in [0.717, 1.165) is 16.7 Å². The van der Waals surface area contributed by atoms with Crippen molar-refractivity contribution in [2.75, 3.05) is 6.54 Å². The van der Waals surface area contributed by atoms with Gasteiger partial charge in [-0.15, -0.1) is 0 Å². The molecule has 0 fully saturated rings. The summed E-state index contributed by atoms with van der Waals surface area (Å²) < 4.78 is 0. The van der Waals surface area contributed by atoms with Crippen molar-refractivity contribution in [3.63, 3.8) is 0 Å². The summed E-state index contributed by atoms with van der Waals surface area (Å²) in [4.78, 5) is 10.6. The third-order valence-electron chi connectivity index (χ3n) is 2.38. The highest BCUT2D eigenvalue weighted by Crippen LogP contribution is 2.10. The van der Waals surface area contributed by atoms with Crippen LogP contribution in [-0.2, 0) is 11.4 Å². The molecule has 0 aliphatic heterocycles. The average molecular weight is 231 g/mol. The van der Waals surface area contributed by atoms with Gasteiger partial charge >= 0.3 is 0 Å². The molecule has 1 aromatic rings. The van der Waals surface area contributed by atoms with Crippen molar-refractivity contribution in [1.29, 1.82) is 0 Å². The maximum atomic E-state index is 10.6. The lowest BCUT2D eigenvalue weighted by Gasteiger charge is -2.01. The highest BCUT2D eigenvalue weighted by atomic mass is 16.3. The van der Waals surface area contributed by atoms with Gasteiger partial charge in [-0.3, -0.25) is 4.79 Å². The Kier molecular flexibility index (Phi) is 5.25. The van der Waals surface area contributed by atoms with E-state index in [1.165, 1.54) is 6.92 Å². The van der Waals surface area contributed by atoms with Crippen LogP contribution in [0.3, 0.4) is 0 Å². The molecule has 3 nitrogen and oxygen atoms in total. The van der Waals surface area contributed by atoms with Gasteiger partial charge < -0.3 is 10.4 Å². The molecule has 0 unspecified atom stereocenters. The van der Waals surface area contributed by atoms with Gasteiger partial charge in [0.2, 0.25) is 5.91 Å². The summed E-state index contributed by atoms with van der Waals surface area (Å²) in [6.07, 6.45) is 0.627. The van der Waals surface area contributed by atoms with E-state index in [1.54, 1.807) is 0 Å². The summed E-state index contributed by atoms with van der Waals surface area (Å²) in [5.74, 6) is 5.95. The molecule has 2 N–H and O–H groups in total. The van der Waals surface area contributed by atoms with E-state index in [-0.39, 0.29) is 12.5 Å². The Labute approximate surface area is 102 Å². The van der Waals surface area contributed by atoms with Crippen molar-refractivity contribution in [1.82, 2.24) is 5.32 Å². The first kappa shape index (κ1) is 13.3. The molecule has 0 radical (unpaired) electrons. The first-order valence-electron chi connectivity index (χ1n) is 5.57. The molecule has 0 saturated heterocycles. The van der Waals surface area contributed by atoms with Crippen LogP contribution in [0.4, 0.5) is 0 Å². The van der Waals surface area contributed by atoms with E-state index in [9.17, 15) is 4.79 Å². The van der Waals surface area contributed by atoms with Crippen LogP contribution < -0.4 is 5.32 Å². The quantitative estimate of drug-likeness (QED) is 0.609. The lowest BCUT2D eigenvalue weighted by molar-refractivity contribution is -0.118. The molecule has 0 aromatic heterocycles. The van der Waals surface area contributed by atoms with E-state index in [0.29, 0.717) is 13.0 Å². The van der Waals surface area contributed by atoms with Gasteiger partial charge in [0.25, 0.3) is 0 Å². The molecular formula is C14H17NO2. The van der Waals surface area contributed by atoms with Gasteiger partial charge in [-0.25, -0.2) is 0 Å². The van der Waals surface area contributed by atoms with Crippen molar-refractivity contribution < 1.29 is 9.90 Å². The Bertz CT molecular complexity index is 455. The van der Waals surface area contributed by atoms with Crippen molar-refractivity contribution in [2.24, 2.45) is 0 Å². The zero-order chi connectivity index (χ0) is 12.7. The Morgan fingerprint density at radius 3 is 2.88 bits per heavy atom. The van der Waals surface area contributed by atoms with Gasteiger partial charge in [0.1, 0.15) is 0 Å². The number of aryl methyl sites for hydroxylation is 1. The van der Waals surface area contributed by atoms with Gasteiger partial charge in [0, 0.05) is 25.5 Å². The highest BCUT2D eigenvalue weighted by molar-refractivity contribution is 5.72. The van der Waals surface area contributed by atoms with Crippen LogP contribution in [0.15, 0.2) is 18.2 Å². The van der Waals surface area contributed by atoms with Crippen LogP contribution in [0, 0.1) is 18.8 Å². The monoisotopic (exact) mass is 231 g/mol. The maximum Gasteiger partial charge on any atom is 0.216 e. The van der Waals surface area contributed by atoms with Gasteiger partial charge in [0.05, 0.1) is 6.61 Å². The highest BCUT2D eigenvalue weighted by Gasteiger charge is 1.96. The number of rotatable bonds is 3. The number of amides is 1. The second-order valence-corrected chi connectivity index (χ2v) is 3.83. The molecule has 90 valence electrons. The third kappa shape index (κ3) is 4.71. The summed E-state index contributed by atoms with van der Waals surface area (Å²) in [6, 6.07) is 5.77. The van der Waals surface area contributed by atoms with Crippen LogP contribution in [0.25, 0.3) is 0 Å². The first-order valence-corrected chi connectivity index (χ1v) is 5.57. The van der Waals surface area contributed by atoms with Crippen LogP contribution in [0.5, 0.6) is 0 Å². The fraction of sp³-hybridized carbons (Fsp3) is 0.357. The summed E-state index contributed by atoms with van der Waals surface area (Å²) in [5.41, 5.74) is 2.86. The molecule has 17 heavy (non-hydrogen) atoms. The number of nitrogens with one attached hydrogen (secondary N) is 1. The molecule has 3 heteroatoms. The molecule has 1 amide bonds. The van der Waals surface area contributed by atoms with E-state index in [2.05, 4.69) is 17.2 Å². The number of hydrogen-bond acceptors (Lipinski definition) is 2. The summed E-state index contributed by atoms with van der Waals surface area (Å²) in [5, 5.41) is 11.8. The van der Waals surface area contributed by atoms with Crippen molar-refractivity contribution in [3.8, 4) is 11.8 Å². The molecule has 1 aromatic carbocycles. The molecule has 0 bridgehead atoms. The Hall–Kier alpha value is -1.79. The van der Waals surface area contributed by atoms with Crippen molar-refractivity contribution in [3.05, 3.63) is 34.9 Å². The number of aliphatic hydroxyl groups excluding tert-OH is 1. The number of hydrogen-bond donors (Lipinski definition) is 2. The largest absolute Gasteiger partial charge is 0.392 e. The predicted molar refractivity (Wildman–Crippen MR) is 67.3 cm³/mol. The lowest BCUT2D eigenvalue weighted by atomic mass is 10.1. The van der Waals surface area contributed by atoms with Gasteiger partial charge in [-0.05, 0) is 30.2 Å². The summed E-state index contributed by atoms with van der Waals surface area (Å²) in [7, 11) is 0. The number of aliphatic hydroxyl groups is 1. The molecule has 0 saturated carbocycles. The van der Waals surface area contributed by atoms with E-state index < -0.39 is 0 Å². The summed E-state index contributed by atoms with van der Waals surface area (Å²) in [6.45, 7) is 4.05. The molecule has 0 atom stereocenters. The lowest BCUT2D eigenvalue weighted by Crippen LogP contribution is -2.20. The van der Waals surface area contributed by atoms with Gasteiger partial charge in [-0.1, -0.05) is 17.9 Å². The SMILES string of the molecule is CC(=O)NCCC#Cc1ccc(C)c(CO)c1. The average Bonchev–Trinajstić information content (AvgIpc) is 2.30. The minimum Gasteiger partial charge on any atom is -0.392 e. The van der Waals surface area contributed by atoms with Gasteiger partial charge in [0.15, 0.2) is 0 Å². The predicted octanol–water partition coefficient (Wildman–Crippen LogP) is 1.37. The first-order chi connectivity index (χ1) is 8.13. The fourth-order valence-corrected chi connectivity index (χ4v) is 1.39. The van der Waals surface area contributed by atoms with E-state index in [1.807, 2.05) is 25.1 Å². The fourth-order valence-electron chi connectivity index (χ4n) is 1.39. The molecular weight excluding hydrogens is 214 g/mol. The Balaban J connectivity index is 2.57. The topological polar surface area (TPSA) is 49.3 Å². The molecule has 0 spiro atoms.